The minimum Gasteiger partial charge on any atom is -0.350 e. The predicted octanol–water partition coefficient (Wildman–Crippen LogP) is 2.37. The van der Waals surface area contributed by atoms with Crippen LogP contribution in [0.1, 0.15) is 27.7 Å². The molecule has 1 N–H and O–H groups in total. The van der Waals surface area contributed by atoms with Crippen LogP contribution >= 0.6 is 11.3 Å². The molecule has 6 nitrogen and oxygen atoms in total. The van der Waals surface area contributed by atoms with Crippen LogP contribution in [0.3, 0.4) is 0 Å². The number of aromatic nitrogens is 3. The zero-order chi connectivity index (χ0) is 17.3. The first-order valence-electron chi connectivity index (χ1n) is 7.73. The smallest absolute Gasteiger partial charge is 0.252 e. The highest BCUT2D eigenvalue weighted by Gasteiger charge is 2.17. The summed E-state index contributed by atoms with van der Waals surface area (Å²) in [7, 11) is 5.88. The van der Waals surface area contributed by atoms with E-state index in [1.807, 2.05) is 34.1 Å². The molecule has 0 fully saturated rings. The third-order valence-corrected chi connectivity index (χ3v) is 4.83. The summed E-state index contributed by atoms with van der Waals surface area (Å²) >= 11 is 1.66. The van der Waals surface area contributed by atoms with Gasteiger partial charge in [0.1, 0.15) is 0 Å². The van der Waals surface area contributed by atoms with Crippen LogP contribution in [-0.4, -0.2) is 46.2 Å². The van der Waals surface area contributed by atoms with E-state index in [9.17, 15) is 4.79 Å². The number of nitrogens with zero attached hydrogens (tertiary/aromatic N) is 4. The summed E-state index contributed by atoms with van der Waals surface area (Å²) in [6.45, 7) is 2.47. The van der Waals surface area contributed by atoms with Crippen molar-refractivity contribution in [3.63, 3.8) is 0 Å². The Labute approximate surface area is 145 Å². The molecule has 0 aliphatic rings. The Kier molecular flexibility index (Phi) is 4.64. The molecule has 0 saturated carbocycles. The van der Waals surface area contributed by atoms with Crippen molar-refractivity contribution in [2.45, 2.75) is 13.0 Å². The molecule has 0 radical (unpaired) electrons. The van der Waals surface area contributed by atoms with Crippen molar-refractivity contribution in [3.8, 4) is 0 Å². The van der Waals surface area contributed by atoms with E-state index in [-0.39, 0.29) is 11.9 Å². The predicted molar refractivity (Wildman–Crippen MR) is 96.3 cm³/mol. The Balaban J connectivity index is 1.76. The molecule has 3 aromatic rings. The normalized spacial score (nSPS) is 12.7. The molecule has 3 rings (SSSR count). The fraction of sp³-hybridized carbons (Fsp3) is 0.353. The van der Waals surface area contributed by atoms with E-state index in [0.29, 0.717) is 12.1 Å². The Morgan fingerprint density at radius 2 is 2.25 bits per heavy atom. The number of hydrogen-bond acceptors (Lipinski definition) is 5. The fourth-order valence-electron chi connectivity index (χ4n) is 2.79. The van der Waals surface area contributed by atoms with Crippen LogP contribution in [0.25, 0.3) is 11.0 Å². The van der Waals surface area contributed by atoms with Crippen molar-refractivity contribution in [1.82, 2.24) is 25.0 Å². The molecular weight excluding hydrogens is 322 g/mol. The molecule has 126 valence electrons. The Bertz CT molecular complexity index is 853. The third kappa shape index (κ3) is 3.18. The Morgan fingerprint density at radius 1 is 1.46 bits per heavy atom. The summed E-state index contributed by atoms with van der Waals surface area (Å²) in [5, 5.41) is 12.4. The summed E-state index contributed by atoms with van der Waals surface area (Å²) < 4.78 is 1.73. The molecule has 1 atom stereocenters. The van der Waals surface area contributed by atoms with Crippen LogP contribution in [0.5, 0.6) is 0 Å². The van der Waals surface area contributed by atoms with Gasteiger partial charge in [0.25, 0.3) is 5.91 Å². The topological polar surface area (TPSA) is 63.1 Å². The molecular formula is C17H21N5OS. The number of carbonyl (C=O) groups is 1. The number of thiophene rings is 1. The standard InChI is InChI=1S/C17H21N5OS/c1-11-14-7-13(8-18-16(14)22(4)20-11)17(23)19-9-15(21(2)3)12-5-6-24-10-12/h5-8,10,15H,9H2,1-4H3,(H,19,23)/t15-/m0/s1. The van der Waals surface area contributed by atoms with Crippen molar-refractivity contribution >= 4 is 28.3 Å². The van der Waals surface area contributed by atoms with Gasteiger partial charge in [0.05, 0.1) is 17.3 Å². The first-order chi connectivity index (χ1) is 11.5. The highest BCUT2D eigenvalue weighted by atomic mass is 32.1. The van der Waals surface area contributed by atoms with Gasteiger partial charge < -0.3 is 10.2 Å². The number of fused-ring (bicyclic) bond motifs is 1. The number of amides is 1. The van der Waals surface area contributed by atoms with Gasteiger partial charge in [0.2, 0.25) is 0 Å². The lowest BCUT2D eigenvalue weighted by Crippen LogP contribution is -2.34. The van der Waals surface area contributed by atoms with Crippen molar-refractivity contribution in [2.75, 3.05) is 20.6 Å². The van der Waals surface area contributed by atoms with Crippen LogP contribution in [0.4, 0.5) is 0 Å². The van der Waals surface area contributed by atoms with Gasteiger partial charge in [-0.15, -0.1) is 0 Å². The molecule has 3 heterocycles. The van der Waals surface area contributed by atoms with Crippen LogP contribution in [0.2, 0.25) is 0 Å². The molecule has 0 aromatic carbocycles. The molecule has 1 amide bonds. The maximum Gasteiger partial charge on any atom is 0.252 e. The number of rotatable bonds is 5. The minimum absolute atomic E-state index is 0.116. The molecule has 0 aliphatic carbocycles. The molecule has 24 heavy (non-hydrogen) atoms. The van der Waals surface area contributed by atoms with Gasteiger partial charge in [0.15, 0.2) is 5.65 Å². The van der Waals surface area contributed by atoms with Gasteiger partial charge >= 0.3 is 0 Å². The zero-order valence-corrected chi connectivity index (χ0v) is 15.1. The highest BCUT2D eigenvalue weighted by molar-refractivity contribution is 7.07. The number of likely N-dealkylation sites (N-methyl/N-ethyl adjacent to an activating group) is 1. The Morgan fingerprint density at radius 3 is 2.92 bits per heavy atom. The number of pyridine rings is 1. The van der Waals surface area contributed by atoms with Crippen LogP contribution < -0.4 is 5.32 Å². The lowest BCUT2D eigenvalue weighted by molar-refractivity contribution is 0.0942. The monoisotopic (exact) mass is 343 g/mol. The van der Waals surface area contributed by atoms with Crippen molar-refractivity contribution in [1.29, 1.82) is 0 Å². The second kappa shape index (κ2) is 6.70. The van der Waals surface area contributed by atoms with Gasteiger partial charge in [-0.2, -0.15) is 16.4 Å². The maximum atomic E-state index is 12.5. The van der Waals surface area contributed by atoms with Gasteiger partial charge in [-0.05, 0) is 49.5 Å². The van der Waals surface area contributed by atoms with Crippen molar-refractivity contribution < 1.29 is 4.79 Å². The lowest BCUT2D eigenvalue weighted by Gasteiger charge is -2.24. The maximum absolute atomic E-state index is 12.5. The number of hydrogen-bond donors (Lipinski definition) is 1. The van der Waals surface area contributed by atoms with E-state index < -0.39 is 0 Å². The number of carbonyl (C=O) groups excluding carboxylic acids is 1. The van der Waals surface area contributed by atoms with Crippen LogP contribution in [-0.2, 0) is 7.05 Å². The molecule has 3 aromatic heterocycles. The highest BCUT2D eigenvalue weighted by Crippen LogP contribution is 2.20. The van der Waals surface area contributed by atoms with E-state index in [1.54, 1.807) is 22.2 Å². The SMILES string of the molecule is Cc1nn(C)c2ncc(C(=O)NC[C@@H](c3ccsc3)N(C)C)cc12. The molecule has 0 unspecified atom stereocenters. The average Bonchev–Trinajstić information content (AvgIpc) is 3.16. The van der Waals surface area contributed by atoms with Gasteiger partial charge in [-0.1, -0.05) is 0 Å². The van der Waals surface area contributed by atoms with Crippen LogP contribution in [0, 0.1) is 6.92 Å². The van der Waals surface area contributed by atoms with Crippen LogP contribution in [0.15, 0.2) is 29.1 Å². The summed E-state index contributed by atoms with van der Waals surface area (Å²) in [6.07, 6.45) is 1.61. The van der Waals surface area contributed by atoms with Gasteiger partial charge in [0, 0.05) is 25.2 Å². The summed E-state index contributed by atoms with van der Waals surface area (Å²) in [4.78, 5) is 19.0. The average molecular weight is 343 g/mol. The first-order valence-corrected chi connectivity index (χ1v) is 8.67. The van der Waals surface area contributed by atoms with Gasteiger partial charge in [-0.3, -0.25) is 9.48 Å². The molecule has 0 bridgehead atoms. The van der Waals surface area contributed by atoms with E-state index in [1.165, 1.54) is 5.56 Å². The molecule has 0 spiro atoms. The largest absolute Gasteiger partial charge is 0.350 e. The summed E-state index contributed by atoms with van der Waals surface area (Å²) in [5.41, 5.74) is 3.43. The number of nitrogens with one attached hydrogen (secondary N) is 1. The number of aryl methyl sites for hydroxylation is 2. The first kappa shape index (κ1) is 16.6. The second-order valence-corrected chi connectivity index (χ2v) is 6.83. The van der Waals surface area contributed by atoms with E-state index in [0.717, 1.165) is 16.7 Å². The zero-order valence-electron chi connectivity index (χ0n) is 14.3. The quantitative estimate of drug-likeness (QED) is 0.772. The minimum atomic E-state index is -0.116. The fourth-order valence-corrected chi connectivity index (χ4v) is 3.49. The van der Waals surface area contributed by atoms with E-state index >= 15 is 0 Å². The molecule has 0 saturated heterocycles. The molecule has 0 aliphatic heterocycles. The lowest BCUT2D eigenvalue weighted by atomic mass is 10.1. The van der Waals surface area contributed by atoms with E-state index in [4.69, 9.17) is 0 Å². The second-order valence-electron chi connectivity index (χ2n) is 6.05. The molecule has 7 heteroatoms. The van der Waals surface area contributed by atoms with Crippen molar-refractivity contribution in [3.05, 3.63) is 45.9 Å². The summed E-state index contributed by atoms with van der Waals surface area (Å²) in [5.74, 6) is -0.116. The summed E-state index contributed by atoms with van der Waals surface area (Å²) in [6, 6.07) is 4.10. The van der Waals surface area contributed by atoms with Gasteiger partial charge in [-0.25, -0.2) is 4.98 Å². The third-order valence-electron chi connectivity index (χ3n) is 4.13. The van der Waals surface area contributed by atoms with E-state index in [2.05, 4.69) is 37.1 Å². The van der Waals surface area contributed by atoms with Crippen molar-refractivity contribution in [2.24, 2.45) is 7.05 Å². The Hall–Kier alpha value is -2.25.